The van der Waals surface area contributed by atoms with Crippen molar-refractivity contribution in [1.82, 2.24) is 14.5 Å². The largest absolute Gasteiger partial charge is 0.330 e. The van der Waals surface area contributed by atoms with Crippen LogP contribution in [0.25, 0.3) is 0 Å². The van der Waals surface area contributed by atoms with E-state index in [0.717, 1.165) is 6.42 Å². The third-order valence-electron chi connectivity index (χ3n) is 4.49. The lowest BCUT2D eigenvalue weighted by Crippen LogP contribution is -2.45. The third kappa shape index (κ3) is 2.45. The minimum absolute atomic E-state index is 0.155. The molecular weight excluding hydrogens is 224 g/mol. The fourth-order valence-corrected chi connectivity index (χ4v) is 2.38. The lowest BCUT2D eigenvalue weighted by atomic mass is 9.96. The van der Waals surface area contributed by atoms with Crippen molar-refractivity contribution >= 4 is 0 Å². The Morgan fingerprint density at radius 2 is 2.22 bits per heavy atom. The summed E-state index contributed by atoms with van der Waals surface area (Å²) in [5, 5.41) is 0. The number of aromatic nitrogens is 2. The van der Waals surface area contributed by atoms with Gasteiger partial charge in [0, 0.05) is 24.3 Å². The van der Waals surface area contributed by atoms with Crippen molar-refractivity contribution in [2.45, 2.75) is 57.7 Å². The highest BCUT2D eigenvalue weighted by Gasteiger charge is 2.33. The van der Waals surface area contributed by atoms with Crippen molar-refractivity contribution in [2.75, 3.05) is 13.6 Å². The first-order valence-electron chi connectivity index (χ1n) is 6.96. The molecule has 0 saturated heterocycles. The number of rotatable bonds is 6. The lowest BCUT2D eigenvalue weighted by Gasteiger charge is -2.40. The van der Waals surface area contributed by atoms with Gasteiger partial charge in [-0.2, -0.15) is 0 Å². The van der Waals surface area contributed by atoms with E-state index in [0.29, 0.717) is 12.6 Å². The van der Waals surface area contributed by atoms with Crippen LogP contribution >= 0.6 is 0 Å². The third-order valence-corrected chi connectivity index (χ3v) is 4.49. The van der Waals surface area contributed by atoms with Gasteiger partial charge in [0.1, 0.15) is 0 Å². The molecular formula is C14H26N4. The Kier molecular flexibility index (Phi) is 3.78. The molecule has 102 valence electrons. The zero-order valence-corrected chi connectivity index (χ0v) is 12.1. The number of nitrogens with zero attached hydrogens (tertiary/aromatic N) is 3. The summed E-state index contributed by atoms with van der Waals surface area (Å²) < 4.78 is 2.32. The molecule has 0 spiro atoms. The van der Waals surface area contributed by atoms with Crippen LogP contribution in [0.15, 0.2) is 12.5 Å². The molecule has 1 atom stereocenters. The van der Waals surface area contributed by atoms with Crippen molar-refractivity contribution < 1.29 is 0 Å². The van der Waals surface area contributed by atoms with E-state index in [9.17, 15) is 0 Å². The number of likely N-dealkylation sites (N-methyl/N-ethyl adjacent to an activating group) is 1. The van der Waals surface area contributed by atoms with Gasteiger partial charge in [0.15, 0.2) is 0 Å². The predicted octanol–water partition coefficient (Wildman–Crippen LogP) is 2.34. The quantitative estimate of drug-likeness (QED) is 0.843. The minimum atomic E-state index is 0.155. The molecule has 1 aliphatic rings. The summed E-state index contributed by atoms with van der Waals surface area (Å²) in [5.74, 6) is 0. The summed E-state index contributed by atoms with van der Waals surface area (Å²) in [6.07, 6.45) is 7.61. The van der Waals surface area contributed by atoms with Crippen molar-refractivity contribution in [3.05, 3.63) is 18.2 Å². The van der Waals surface area contributed by atoms with Crippen LogP contribution in [0, 0.1) is 0 Å². The van der Waals surface area contributed by atoms with E-state index in [-0.39, 0.29) is 11.6 Å². The first-order valence-corrected chi connectivity index (χ1v) is 6.96. The Morgan fingerprint density at radius 1 is 1.56 bits per heavy atom. The Balaban J connectivity index is 2.24. The van der Waals surface area contributed by atoms with E-state index < -0.39 is 0 Å². The Bertz CT molecular complexity index is 392. The maximum Gasteiger partial charge on any atom is 0.0951 e. The van der Waals surface area contributed by atoms with Crippen LogP contribution in [0.1, 0.15) is 57.8 Å². The zero-order valence-electron chi connectivity index (χ0n) is 12.1. The van der Waals surface area contributed by atoms with Gasteiger partial charge in [-0.3, -0.25) is 4.90 Å². The van der Waals surface area contributed by atoms with E-state index in [1.54, 1.807) is 0 Å². The molecule has 1 heterocycles. The summed E-state index contributed by atoms with van der Waals surface area (Å²) in [4.78, 5) is 6.72. The molecule has 0 aromatic carbocycles. The Morgan fingerprint density at radius 3 is 2.72 bits per heavy atom. The van der Waals surface area contributed by atoms with Gasteiger partial charge < -0.3 is 10.3 Å². The Labute approximate surface area is 110 Å². The first kappa shape index (κ1) is 13.6. The van der Waals surface area contributed by atoms with Gasteiger partial charge in [0.2, 0.25) is 0 Å². The number of hydrogen-bond donors (Lipinski definition) is 1. The number of imidazole rings is 1. The molecule has 1 unspecified atom stereocenters. The van der Waals surface area contributed by atoms with Crippen molar-refractivity contribution in [3.8, 4) is 0 Å². The highest BCUT2D eigenvalue weighted by molar-refractivity contribution is 5.11. The molecule has 1 saturated carbocycles. The second-order valence-corrected chi connectivity index (χ2v) is 5.99. The number of nitrogens with two attached hydrogens (primary N) is 1. The average Bonchev–Trinajstić information content (AvgIpc) is 3.10. The maximum atomic E-state index is 6.02. The molecule has 1 aromatic heterocycles. The van der Waals surface area contributed by atoms with E-state index in [2.05, 4.69) is 42.3 Å². The first-order chi connectivity index (χ1) is 8.51. The van der Waals surface area contributed by atoms with E-state index in [1.165, 1.54) is 18.5 Å². The van der Waals surface area contributed by atoms with Crippen molar-refractivity contribution in [1.29, 1.82) is 0 Å². The number of hydrogen-bond acceptors (Lipinski definition) is 3. The highest BCUT2D eigenvalue weighted by Crippen LogP contribution is 2.38. The van der Waals surface area contributed by atoms with Gasteiger partial charge in [-0.05, 0) is 40.2 Å². The summed E-state index contributed by atoms with van der Waals surface area (Å²) in [5.41, 5.74) is 7.45. The van der Waals surface area contributed by atoms with Crippen LogP contribution in [-0.4, -0.2) is 33.6 Å². The fraction of sp³-hybridized carbons (Fsp3) is 0.786. The molecule has 4 nitrogen and oxygen atoms in total. The summed E-state index contributed by atoms with van der Waals surface area (Å²) >= 11 is 0. The van der Waals surface area contributed by atoms with Crippen LogP contribution in [0.2, 0.25) is 0 Å². The van der Waals surface area contributed by atoms with Gasteiger partial charge >= 0.3 is 0 Å². The van der Waals surface area contributed by atoms with Crippen LogP contribution in [-0.2, 0) is 0 Å². The van der Waals surface area contributed by atoms with Gasteiger partial charge in [-0.25, -0.2) is 4.98 Å². The molecule has 2 N–H and O–H groups in total. The summed E-state index contributed by atoms with van der Waals surface area (Å²) in [7, 11) is 2.17. The van der Waals surface area contributed by atoms with Crippen LogP contribution < -0.4 is 5.73 Å². The summed E-state index contributed by atoms with van der Waals surface area (Å²) in [6, 6.07) is 0.915. The summed E-state index contributed by atoms with van der Waals surface area (Å²) in [6.45, 7) is 7.40. The molecule has 0 amide bonds. The fourth-order valence-electron chi connectivity index (χ4n) is 2.38. The lowest BCUT2D eigenvalue weighted by molar-refractivity contribution is 0.0962. The second kappa shape index (κ2) is 5.02. The van der Waals surface area contributed by atoms with Crippen molar-refractivity contribution in [3.63, 3.8) is 0 Å². The van der Waals surface area contributed by atoms with Gasteiger partial charge in [-0.1, -0.05) is 6.92 Å². The van der Waals surface area contributed by atoms with Crippen LogP contribution in [0.5, 0.6) is 0 Å². The molecule has 1 aliphatic carbocycles. The average molecular weight is 250 g/mol. The van der Waals surface area contributed by atoms with Gasteiger partial charge in [0.25, 0.3) is 0 Å². The molecule has 2 rings (SSSR count). The molecule has 1 aromatic rings. The normalized spacial score (nSPS) is 18.3. The minimum Gasteiger partial charge on any atom is -0.330 e. The SMILES string of the molecule is CCC(C)(C)N(C)C(CN)c1cncn1C1CC1. The monoisotopic (exact) mass is 250 g/mol. The topological polar surface area (TPSA) is 47.1 Å². The van der Waals surface area contributed by atoms with Crippen LogP contribution in [0.3, 0.4) is 0 Å². The molecule has 18 heavy (non-hydrogen) atoms. The van der Waals surface area contributed by atoms with Gasteiger partial charge in [0.05, 0.1) is 18.1 Å². The molecule has 4 heteroatoms. The van der Waals surface area contributed by atoms with E-state index in [1.807, 2.05) is 12.5 Å². The standard InChI is InChI=1S/C14H26N4/c1-5-14(2,3)17(4)12(8-15)13-9-16-10-18(13)11-6-7-11/h9-12H,5-8,15H2,1-4H3. The Hall–Kier alpha value is -0.870. The zero-order chi connectivity index (χ0) is 13.3. The van der Waals surface area contributed by atoms with Crippen LogP contribution in [0.4, 0.5) is 0 Å². The highest BCUT2D eigenvalue weighted by atomic mass is 15.2. The molecule has 0 bridgehead atoms. The maximum absolute atomic E-state index is 6.02. The predicted molar refractivity (Wildman–Crippen MR) is 74.4 cm³/mol. The molecule has 1 fully saturated rings. The molecule has 0 radical (unpaired) electrons. The van der Waals surface area contributed by atoms with Crippen molar-refractivity contribution in [2.24, 2.45) is 5.73 Å². The van der Waals surface area contributed by atoms with Gasteiger partial charge in [-0.15, -0.1) is 0 Å². The second-order valence-electron chi connectivity index (χ2n) is 5.99. The van der Waals surface area contributed by atoms with E-state index >= 15 is 0 Å². The molecule has 0 aliphatic heterocycles. The smallest absolute Gasteiger partial charge is 0.0951 e. The van der Waals surface area contributed by atoms with E-state index in [4.69, 9.17) is 5.73 Å².